The van der Waals surface area contributed by atoms with Crippen LogP contribution in [0.25, 0.3) is 0 Å². The zero-order valence-electron chi connectivity index (χ0n) is 7.54. The molecule has 0 heterocycles. The molecule has 4 N–H and O–H groups in total. The standard InChI is InChI=1S/C8H7BrFNO4/c1-15-7-2(8(13)14)3(9)5(11)4(10)6(7)12/h12H,11H2,1H3,(H,13,14). The van der Waals surface area contributed by atoms with E-state index >= 15 is 0 Å². The third-order valence-electron chi connectivity index (χ3n) is 1.76. The number of halogens is 2. The maximum atomic E-state index is 13.2. The van der Waals surface area contributed by atoms with Gasteiger partial charge >= 0.3 is 5.97 Å². The number of methoxy groups -OCH3 is 1. The van der Waals surface area contributed by atoms with Gasteiger partial charge in [0, 0.05) is 0 Å². The van der Waals surface area contributed by atoms with Gasteiger partial charge in [-0.2, -0.15) is 0 Å². The first-order valence-electron chi connectivity index (χ1n) is 3.68. The van der Waals surface area contributed by atoms with E-state index in [-0.39, 0.29) is 4.47 Å². The fourth-order valence-corrected chi connectivity index (χ4v) is 1.59. The number of anilines is 1. The van der Waals surface area contributed by atoms with E-state index in [0.29, 0.717) is 0 Å². The summed E-state index contributed by atoms with van der Waals surface area (Å²) in [6, 6.07) is 0. The molecule has 0 saturated carbocycles. The molecule has 0 saturated heterocycles. The van der Waals surface area contributed by atoms with Crippen molar-refractivity contribution < 1.29 is 24.1 Å². The predicted molar refractivity (Wildman–Crippen MR) is 53.7 cm³/mol. The van der Waals surface area contributed by atoms with Crippen LogP contribution in [0.4, 0.5) is 10.1 Å². The summed E-state index contributed by atoms with van der Waals surface area (Å²) < 4.78 is 17.6. The van der Waals surface area contributed by atoms with E-state index in [2.05, 4.69) is 20.7 Å². The number of hydrogen-bond acceptors (Lipinski definition) is 4. The lowest BCUT2D eigenvalue weighted by atomic mass is 10.1. The normalized spacial score (nSPS) is 10.1. The number of rotatable bonds is 2. The number of phenols is 1. The first-order valence-corrected chi connectivity index (χ1v) is 4.47. The highest BCUT2D eigenvalue weighted by molar-refractivity contribution is 9.10. The average Bonchev–Trinajstić information content (AvgIpc) is 2.19. The summed E-state index contributed by atoms with van der Waals surface area (Å²) in [7, 11) is 1.11. The molecule has 1 rings (SSSR count). The Bertz CT molecular complexity index is 435. The molecular formula is C8H7BrFNO4. The summed E-state index contributed by atoms with van der Waals surface area (Å²) >= 11 is 2.82. The molecule has 15 heavy (non-hydrogen) atoms. The van der Waals surface area contributed by atoms with E-state index in [1.807, 2.05) is 0 Å². The number of hydrogen-bond donors (Lipinski definition) is 3. The molecular weight excluding hydrogens is 273 g/mol. The molecule has 0 fully saturated rings. The van der Waals surface area contributed by atoms with E-state index in [1.165, 1.54) is 0 Å². The van der Waals surface area contributed by atoms with Gasteiger partial charge in [0.15, 0.2) is 17.3 Å². The Hall–Kier alpha value is -1.50. The highest BCUT2D eigenvalue weighted by atomic mass is 79.9. The largest absolute Gasteiger partial charge is 0.502 e. The van der Waals surface area contributed by atoms with Crippen LogP contribution in [0.5, 0.6) is 11.5 Å². The Kier molecular flexibility index (Phi) is 3.04. The van der Waals surface area contributed by atoms with E-state index in [9.17, 15) is 14.3 Å². The highest BCUT2D eigenvalue weighted by Crippen LogP contribution is 2.42. The number of aromatic carboxylic acids is 1. The summed E-state index contributed by atoms with van der Waals surface area (Å²) in [5.74, 6) is -3.90. The number of carboxylic acids is 1. The second-order valence-electron chi connectivity index (χ2n) is 2.60. The van der Waals surface area contributed by atoms with Crippen LogP contribution in [0.1, 0.15) is 10.4 Å². The van der Waals surface area contributed by atoms with E-state index in [4.69, 9.17) is 10.8 Å². The zero-order valence-corrected chi connectivity index (χ0v) is 9.13. The number of nitrogen functional groups attached to an aromatic ring is 1. The van der Waals surface area contributed by atoms with Crippen LogP contribution in [0.15, 0.2) is 4.47 Å². The lowest BCUT2D eigenvalue weighted by Gasteiger charge is -2.12. The zero-order chi connectivity index (χ0) is 11.7. The van der Waals surface area contributed by atoms with Crippen molar-refractivity contribution in [1.29, 1.82) is 0 Å². The van der Waals surface area contributed by atoms with E-state index in [1.54, 1.807) is 0 Å². The van der Waals surface area contributed by atoms with Crippen LogP contribution < -0.4 is 10.5 Å². The number of carboxylic acid groups (broad SMARTS) is 1. The minimum atomic E-state index is -1.39. The Balaban J connectivity index is 3.70. The molecule has 0 spiro atoms. The fraction of sp³-hybridized carbons (Fsp3) is 0.125. The fourth-order valence-electron chi connectivity index (χ4n) is 1.07. The molecule has 0 unspecified atom stereocenters. The second kappa shape index (κ2) is 3.93. The van der Waals surface area contributed by atoms with Crippen LogP contribution in [-0.4, -0.2) is 23.3 Å². The molecule has 0 aliphatic rings. The topological polar surface area (TPSA) is 92.8 Å². The smallest absolute Gasteiger partial charge is 0.340 e. The maximum Gasteiger partial charge on any atom is 0.340 e. The summed E-state index contributed by atoms with van der Waals surface area (Å²) in [6.45, 7) is 0. The van der Waals surface area contributed by atoms with Gasteiger partial charge in [-0.3, -0.25) is 0 Å². The third-order valence-corrected chi connectivity index (χ3v) is 2.58. The molecule has 0 bridgehead atoms. The lowest BCUT2D eigenvalue weighted by molar-refractivity contribution is 0.0691. The molecule has 0 radical (unpaired) electrons. The number of phenolic OH excluding ortho intramolecular Hbond substituents is 1. The van der Waals surface area contributed by atoms with Crippen molar-refractivity contribution in [3.05, 3.63) is 15.9 Å². The minimum Gasteiger partial charge on any atom is -0.502 e. The van der Waals surface area contributed by atoms with E-state index in [0.717, 1.165) is 7.11 Å². The van der Waals surface area contributed by atoms with Crippen LogP contribution in [-0.2, 0) is 0 Å². The summed E-state index contributed by atoms with van der Waals surface area (Å²) in [5, 5.41) is 18.1. The number of ether oxygens (including phenoxy) is 1. The highest BCUT2D eigenvalue weighted by Gasteiger charge is 2.26. The van der Waals surface area contributed by atoms with Crippen molar-refractivity contribution in [3.63, 3.8) is 0 Å². The molecule has 1 aromatic rings. The molecule has 0 aromatic heterocycles. The van der Waals surface area contributed by atoms with Crippen molar-refractivity contribution >= 4 is 27.6 Å². The maximum absolute atomic E-state index is 13.2. The molecule has 7 heteroatoms. The first-order chi connectivity index (χ1) is 6.91. The Morgan fingerprint density at radius 1 is 1.60 bits per heavy atom. The second-order valence-corrected chi connectivity index (χ2v) is 3.40. The minimum absolute atomic E-state index is 0.165. The summed E-state index contributed by atoms with van der Waals surface area (Å²) in [6.07, 6.45) is 0. The average molecular weight is 280 g/mol. The number of carbonyl (C=O) groups is 1. The van der Waals surface area contributed by atoms with Crippen LogP contribution in [0.3, 0.4) is 0 Å². The quantitative estimate of drug-likeness (QED) is 0.715. The monoisotopic (exact) mass is 279 g/mol. The molecule has 0 atom stereocenters. The van der Waals surface area contributed by atoms with Crippen molar-refractivity contribution in [3.8, 4) is 11.5 Å². The van der Waals surface area contributed by atoms with Crippen molar-refractivity contribution in [2.24, 2.45) is 0 Å². The SMILES string of the molecule is COc1c(O)c(F)c(N)c(Br)c1C(=O)O. The predicted octanol–water partition coefficient (Wildman–Crippen LogP) is 1.58. The van der Waals surface area contributed by atoms with Crippen molar-refractivity contribution in [2.45, 2.75) is 0 Å². The van der Waals surface area contributed by atoms with Crippen molar-refractivity contribution in [2.75, 3.05) is 12.8 Å². The van der Waals surface area contributed by atoms with Crippen molar-refractivity contribution in [1.82, 2.24) is 0 Å². The van der Waals surface area contributed by atoms with Crippen LogP contribution >= 0.6 is 15.9 Å². The molecule has 5 nitrogen and oxygen atoms in total. The molecule has 1 aromatic carbocycles. The molecule has 0 aliphatic carbocycles. The van der Waals surface area contributed by atoms with Gasteiger partial charge in [0.25, 0.3) is 0 Å². The third kappa shape index (κ3) is 1.70. The number of aromatic hydroxyl groups is 1. The Morgan fingerprint density at radius 2 is 2.13 bits per heavy atom. The first kappa shape index (κ1) is 11.6. The van der Waals surface area contributed by atoms with Gasteiger partial charge in [0.05, 0.1) is 17.3 Å². The Morgan fingerprint density at radius 3 is 2.53 bits per heavy atom. The van der Waals surface area contributed by atoms with Gasteiger partial charge in [-0.15, -0.1) is 0 Å². The van der Waals surface area contributed by atoms with Crippen LogP contribution in [0, 0.1) is 5.82 Å². The lowest BCUT2D eigenvalue weighted by Crippen LogP contribution is -2.06. The van der Waals surface area contributed by atoms with Gasteiger partial charge in [-0.25, -0.2) is 9.18 Å². The summed E-state index contributed by atoms with van der Waals surface area (Å²) in [5.41, 5.74) is 4.34. The molecule has 82 valence electrons. The van der Waals surface area contributed by atoms with Gasteiger partial charge in [-0.1, -0.05) is 0 Å². The van der Waals surface area contributed by atoms with Gasteiger partial charge < -0.3 is 20.7 Å². The number of benzene rings is 1. The number of nitrogens with two attached hydrogens (primary N) is 1. The summed E-state index contributed by atoms with van der Waals surface area (Å²) in [4.78, 5) is 10.8. The molecule has 0 aliphatic heterocycles. The van der Waals surface area contributed by atoms with E-state index < -0.39 is 34.5 Å². The van der Waals surface area contributed by atoms with Crippen LogP contribution in [0.2, 0.25) is 0 Å². The molecule has 0 amide bonds. The Labute approximate surface area is 92.4 Å². The van der Waals surface area contributed by atoms with Gasteiger partial charge in [0.2, 0.25) is 0 Å². The van der Waals surface area contributed by atoms with Gasteiger partial charge in [0.1, 0.15) is 5.56 Å². The van der Waals surface area contributed by atoms with Gasteiger partial charge in [-0.05, 0) is 15.9 Å².